The van der Waals surface area contributed by atoms with E-state index in [1.165, 1.54) is 17.8 Å². The van der Waals surface area contributed by atoms with Gasteiger partial charge in [0.1, 0.15) is 0 Å². The van der Waals surface area contributed by atoms with Crippen LogP contribution >= 0.6 is 11.8 Å². The molecule has 1 aliphatic heterocycles. The summed E-state index contributed by atoms with van der Waals surface area (Å²) in [5.74, 6) is -0.254. The van der Waals surface area contributed by atoms with Crippen LogP contribution in [0.3, 0.4) is 0 Å². The topological polar surface area (TPSA) is 84.3 Å². The summed E-state index contributed by atoms with van der Waals surface area (Å²) in [4.78, 5) is 23.4. The van der Waals surface area contributed by atoms with Crippen molar-refractivity contribution in [3.8, 4) is 0 Å². The molecular formula is C15H21N3O3S. The van der Waals surface area contributed by atoms with Gasteiger partial charge in [-0.15, -0.1) is 11.8 Å². The quantitative estimate of drug-likeness (QED) is 0.494. The Kier molecular flexibility index (Phi) is 5.42. The van der Waals surface area contributed by atoms with Gasteiger partial charge in [-0.1, -0.05) is 6.92 Å². The third-order valence-electron chi connectivity index (χ3n) is 4.12. The minimum Gasteiger partial charge on any atom is -0.351 e. The van der Waals surface area contributed by atoms with Crippen LogP contribution in [-0.4, -0.2) is 36.7 Å². The molecule has 1 heterocycles. The van der Waals surface area contributed by atoms with Crippen molar-refractivity contribution < 1.29 is 9.72 Å². The molecule has 1 fully saturated rings. The lowest BCUT2D eigenvalue weighted by Gasteiger charge is -2.34. The van der Waals surface area contributed by atoms with Crippen LogP contribution in [0.15, 0.2) is 23.1 Å². The van der Waals surface area contributed by atoms with Crippen molar-refractivity contribution >= 4 is 23.4 Å². The number of hydrogen-bond donors (Lipinski definition) is 2. The third kappa shape index (κ3) is 3.98. The summed E-state index contributed by atoms with van der Waals surface area (Å²) in [5.41, 5.74) is 0.404. The molecule has 1 aliphatic rings. The average molecular weight is 323 g/mol. The second kappa shape index (κ2) is 7.11. The minimum absolute atomic E-state index is 0.0202. The zero-order chi connectivity index (χ0) is 16.2. The van der Waals surface area contributed by atoms with Crippen molar-refractivity contribution in [2.45, 2.75) is 24.7 Å². The van der Waals surface area contributed by atoms with Gasteiger partial charge in [-0.3, -0.25) is 14.9 Å². The average Bonchev–Trinajstić information content (AvgIpc) is 2.52. The number of carbonyl (C=O) groups is 1. The first-order valence-corrected chi connectivity index (χ1v) is 8.49. The van der Waals surface area contributed by atoms with Gasteiger partial charge in [0.05, 0.1) is 9.82 Å². The molecule has 0 saturated carbocycles. The molecule has 0 bridgehead atoms. The standard InChI is InChI=1S/C15H21N3O3S/c1-15(5-7-16-8-6-15)10-17-14(19)11-3-4-13(22-2)12(9-11)18(20)21/h3-4,9,16H,5-8,10H2,1-2H3,(H,17,19). The van der Waals surface area contributed by atoms with Gasteiger partial charge in [-0.2, -0.15) is 0 Å². The molecule has 0 aromatic heterocycles. The maximum absolute atomic E-state index is 12.2. The summed E-state index contributed by atoms with van der Waals surface area (Å²) in [5, 5.41) is 17.3. The lowest BCUT2D eigenvalue weighted by Crippen LogP contribution is -2.42. The first-order valence-electron chi connectivity index (χ1n) is 7.26. The van der Waals surface area contributed by atoms with E-state index in [2.05, 4.69) is 17.6 Å². The second-order valence-corrected chi connectivity index (χ2v) is 6.74. The summed E-state index contributed by atoms with van der Waals surface area (Å²) in [6, 6.07) is 4.62. The van der Waals surface area contributed by atoms with Crippen molar-refractivity contribution in [1.29, 1.82) is 0 Å². The second-order valence-electron chi connectivity index (χ2n) is 5.89. The summed E-state index contributed by atoms with van der Waals surface area (Å²) in [6.45, 7) is 4.67. The Bertz CT molecular complexity index is 571. The van der Waals surface area contributed by atoms with E-state index in [4.69, 9.17) is 0 Å². The van der Waals surface area contributed by atoms with Gasteiger partial charge >= 0.3 is 0 Å². The Labute approximate surface area is 134 Å². The van der Waals surface area contributed by atoms with E-state index in [-0.39, 0.29) is 17.0 Å². The number of carbonyl (C=O) groups excluding carboxylic acids is 1. The highest BCUT2D eigenvalue weighted by Gasteiger charge is 2.27. The highest BCUT2D eigenvalue weighted by Crippen LogP contribution is 2.29. The van der Waals surface area contributed by atoms with E-state index in [0.717, 1.165) is 25.9 Å². The van der Waals surface area contributed by atoms with Gasteiger partial charge in [0.2, 0.25) is 0 Å². The van der Waals surface area contributed by atoms with Crippen LogP contribution in [0, 0.1) is 15.5 Å². The summed E-state index contributed by atoms with van der Waals surface area (Å²) in [7, 11) is 0. The van der Waals surface area contributed by atoms with Crippen LogP contribution in [0.5, 0.6) is 0 Å². The minimum atomic E-state index is -0.448. The molecule has 0 unspecified atom stereocenters. The SMILES string of the molecule is CSc1ccc(C(=O)NCC2(C)CCNCC2)cc1[N+](=O)[O-]. The number of amides is 1. The Morgan fingerprint density at radius 2 is 2.14 bits per heavy atom. The van der Waals surface area contributed by atoms with E-state index in [0.29, 0.717) is 17.0 Å². The van der Waals surface area contributed by atoms with E-state index >= 15 is 0 Å². The number of thioether (sulfide) groups is 1. The zero-order valence-corrected chi connectivity index (χ0v) is 13.7. The maximum Gasteiger partial charge on any atom is 0.283 e. The van der Waals surface area contributed by atoms with Crippen LogP contribution in [0.25, 0.3) is 0 Å². The molecule has 1 aromatic carbocycles. The number of nitro groups is 1. The van der Waals surface area contributed by atoms with Crippen LogP contribution < -0.4 is 10.6 Å². The molecule has 6 nitrogen and oxygen atoms in total. The van der Waals surface area contributed by atoms with Crippen molar-refractivity contribution in [2.75, 3.05) is 25.9 Å². The molecule has 0 radical (unpaired) electrons. The Morgan fingerprint density at radius 3 is 2.73 bits per heavy atom. The van der Waals surface area contributed by atoms with Gasteiger partial charge in [0, 0.05) is 18.2 Å². The molecular weight excluding hydrogens is 302 g/mol. The smallest absolute Gasteiger partial charge is 0.283 e. The molecule has 22 heavy (non-hydrogen) atoms. The monoisotopic (exact) mass is 323 g/mol. The van der Waals surface area contributed by atoms with Crippen molar-refractivity contribution in [2.24, 2.45) is 5.41 Å². The molecule has 0 atom stereocenters. The van der Waals surface area contributed by atoms with Crippen molar-refractivity contribution in [3.63, 3.8) is 0 Å². The highest BCUT2D eigenvalue weighted by molar-refractivity contribution is 7.98. The van der Waals surface area contributed by atoms with Gasteiger partial charge in [-0.25, -0.2) is 0 Å². The third-order valence-corrected chi connectivity index (χ3v) is 4.91. The largest absolute Gasteiger partial charge is 0.351 e. The molecule has 1 saturated heterocycles. The maximum atomic E-state index is 12.2. The number of benzene rings is 1. The van der Waals surface area contributed by atoms with Gasteiger partial charge in [-0.05, 0) is 49.7 Å². The lowest BCUT2D eigenvalue weighted by molar-refractivity contribution is -0.387. The number of nitrogens with zero attached hydrogens (tertiary/aromatic N) is 1. The van der Waals surface area contributed by atoms with E-state index in [1.807, 2.05) is 0 Å². The van der Waals surface area contributed by atoms with Crippen molar-refractivity contribution in [3.05, 3.63) is 33.9 Å². The predicted molar refractivity (Wildman–Crippen MR) is 87.4 cm³/mol. The van der Waals surface area contributed by atoms with Crippen LogP contribution in [-0.2, 0) is 0 Å². The molecule has 1 aromatic rings. The number of nitro benzene ring substituents is 1. The van der Waals surface area contributed by atoms with E-state index in [9.17, 15) is 14.9 Å². The fourth-order valence-electron chi connectivity index (χ4n) is 2.58. The predicted octanol–water partition coefficient (Wildman–Crippen LogP) is 2.44. The van der Waals surface area contributed by atoms with Crippen LogP contribution in [0.4, 0.5) is 5.69 Å². The van der Waals surface area contributed by atoms with Crippen molar-refractivity contribution in [1.82, 2.24) is 10.6 Å². The fraction of sp³-hybridized carbons (Fsp3) is 0.533. The number of hydrogen-bond acceptors (Lipinski definition) is 5. The highest BCUT2D eigenvalue weighted by atomic mass is 32.2. The molecule has 1 amide bonds. The molecule has 2 N–H and O–H groups in total. The van der Waals surface area contributed by atoms with Crippen LogP contribution in [0.2, 0.25) is 0 Å². The molecule has 120 valence electrons. The summed E-state index contributed by atoms with van der Waals surface area (Å²) in [6.07, 6.45) is 3.80. The van der Waals surface area contributed by atoms with Gasteiger partial charge in [0.25, 0.3) is 11.6 Å². The van der Waals surface area contributed by atoms with E-state index in [1.54, 1.807) is 18.4 Å². The lowest BCUT2D eigenvalue weighted by atomic mass is 9.81. The normalized spacial score (nSPS) is 17.0. The van der Waals surface area contributed by atoms with E-state index < -0.39 is 4.92 Å². The number of piperidine rings is 1. The zero-order valence-electron chi connectivity index (χ0n) is 12.8. The number of nitrogens with one attached hydrogen (secondary N) is 2. The number of rotatable bonds is 5. The van der Waals surface area contributed by atoms with Crippen LogP contribution in [0.1, 0.15) is 30.1 Å². The Balaban J connectivity index is 2.06. The molecule has 0 spiro atoms. The molecule has 0 aliphatic carbocycles. The summed E-state index contributed by atoms with van der Waals surface area (Å²) < 4.78 is 0. The summed E-state index contributed by atoms with van der Waals surface area (Å²) >= 11 is 1.30. The van der Waals surface area contributed by atoms with Gasteiger partial charge < -0.3 is 10.6 Å². The first kappa shape index (κ1) is 16.8. The Morgan fingerprint density at radius 1 is 1.45 bits per heavy atom. The fourth-order valence-corrected chi connectivity index (χ4v) is 3.12. The van der Waals surface area contributed by atoms with Gasteiger partial charge in [0.15, 0.2) is 0 Å². The Hall–Kier alpha value is -1.60. The first-order chi connectivity index (χ1) is 10.4. The molecule has 7 heteroatoms. The molecule has 2 rings (SSSR count).